The van der Waals surface area contributed by atoms with Crippen molar-refractivity contribution in [2.24, 2.45) is 0 Å². The van der Waals surface area contributed by atoms with Crippen LogP contribution in [0.15, 0.2) is 34.9 Å². The van der Waals surface area contributed by atoms with Crippen LogP contribution in [0.2, 0.25) is 0 Å². The van der Waals surface area contributed by atoms with Gasteiger partial charge in [-0.15, -0.1) is 0 Å². The van der Waals surface area contributed by atoms with Crippen molar-refractivity contribution in [3.63, 3.8) is 0 Å². The average Bonchev–Trinajstić information content (AvgIpc) is 2.15. The van der Waals surface area contributed by atoms with E-state index in [2.05, 4.69) is 0 Å². The Kier molecular flexibility index (Phi) is 6.87. The number of carbonyl (C=O) groups is 2. The molecular formula is C14H20O3. The van der Waals surface area contributed by atoms with Gasteiger partial charge in [0.15, 0.2) is 0 Å². The van der Waals surface area contributed by atoms with E-state index >= 15 is 0 Å². The predicted octanol–water partition coefficient (Wildman–Crippen LogP) is 3.28. The SMILES string of the molecule is CCC=CC(C(=O)O)=C(C=C(C)C)CC(C)=O. The summed E-state index contributed by atoms with van der Waals surface area (Å²) in [6.07, 6.45) is 6.02. The molecule has 0 saturated heterocycles. The van der Waals surface area contributed by atoms with Crippen molar-refractivity contribution in [1.82, 2.24) is 0 Å². The summed E-state index contributed by atoms with van der Waals surface area (Å²) in [5, 5.41) is 9.15. The van der Waals surface area contributed by atoms with Crippen LogP contribution in [0.4, 0.5) is 0 Å². The van der Waals surface area contributed by atoms with E-state index in [1.165, 1.54) is 6.92 Å². The van der Waals surface area contributed by atoms with E-state index in [9.17, 15) is 9.59 Å². The van der Waals surface area contributed by atoms with Crippen molar-refractivity contribution < 1.29 is 14.7 Å². The van der Waals surface area contributed by atoms with Gasteiger partial charge in [-0.25, -0.2) is 4.79 Å². The second-order valence-electron chi connectivity index (χ2n) is 4.16. The van der Waals surface area contributed by atoms with Crippen molar-refractivity contribution >= 4 is 11.8 Å². The molecule has 0 aliphatic carbocycles. The summed E-state index contributed by atoms with van der Waals surface area (Å²) in [5.41, 5.74) is 1.74. The van der Waals surface area contributed by atoms with Crippen molar-refractivity contribution in [2.45, 2.75) is 40.5 Å². The summed E-state index contributed by atoms with van der Waals surface area (Å²) in [4.78, 5) is 22.3. The van der Waals surface area contributed by atoms with Crippen molar-refractivity contribution in [3.05, 3.63) is 34.9 Å². The van der Waals surface area contributed by atoms with Gasteiger partial charge in [-0.1, -0.05) is 30.7 Å². The maximum Gasteiger partial charge on any atom is 0.335 e. The van der Waals surface area contributed by atoms with Crippen molar-refractivity contribution in [2.75, 3.05) is 0 Å². The van der Waals surface area contributed by atoms with Crippen LogP contribution in [0, 0.1) is 0 Å². The molecule has 0 aromatic rings. The Morgan fingerprint density at radius 2 is 1.76 bits per heavy atom. The van der Waals surface area contributed by atoms with E-state index in [1.54, 1.807) is 18.2 Å². The third kappa shape index (κ3) is 6.51. The number of carboxylic acids is 1. The number of hydrogen-bond acceptors (Lipinski definition) is 2. The summed E-state index contributed by atoms with van der Waals surface area (Å²) in [7, 11) is 0. The number of allylic oxidation sites excluding steroid dienone is 4. The number of rotatable bonds is 6. The number of aliphatic carboxylic acids is 1. The van der Waals surface area contributed by atoms with Crippen LogP contribution in [0.25, 0.3) is 0 Å². The first kappa shape index (κ1) is 15.4. The van der Waals surface area contributed by atoms with Gasteiger partial charge >= 0.3 is 5.97 Å². The predicted molar refractivity (Wildman–Crippen MR) is 68.8 cm³/mol. The molecule has 0 fully saturated rings. The number of Topliss-reactive ketones (excluding diaryl/α,β-unsaturated/α-hetero) is 1. The van der Waals surface area contributed by atoms with Gasteiger partial charge in [-0.2, -0.15) is 0 Å². The second kappa shape index (κ2) is 7.60. The van der Waals surface area contributed by atoms with Gasteiger partial charge in [-0.3, -0.25) is 4.79 Å². The molecule has 0 atom stereocenters. The molecule has 0 aromatic carbocycles. The minimum absolute atomic E-state index is 0.0406. The number of hydrogen-bond donors (Lipinski definition) is 1. The van der Waals surface area contributed by atoms with Crippen LogP contribution in [-0.2, 0) is 9.59 Å². The summed E-state index contributed by atoms with van der Waals surface area (Å²) in [6, 6.07) is 0. The third-order valence-electron chi connectivity index (χ3n) is 2.00. The van der Waals surface area contributed by atoms with Crippen LogP contribution >= 0.6 is 0 Å². The van der Waals surface area contributed by atoms with E-state index in [-0.39, 0.29) is 17.8 Å². The summed E-state index contributed by atoms with van der Waals surface area (Å²) in [5.74, 6) is -1.04. The van der Waals surface area contributed by atoms with Crippen LogP contribution in [0.5, 0.6) is 0 Å². The maximum absolute atomic E-state index is 11.2. The quantitative estimate of drug-likeness (QED) is 0.568. The smallest absolute Gasteiger partial charge is 0.335 e. The van der Waals surface area contributed by atoms with Gasteiger partial charge in [0.2, 0.25) is 0 Å². The van der Waals surface area contributed by atoms with Gasteiger partial charge in [-0.05, 0) is 32.8 Å². The molecule has 0 rings (SSSR count). The molecule has 0 bridgehead atoms. The molecule has 0 heterocycles. The summed E-state index contributed by atoms with van der Waals surface area (Å²) < 4.78 is 0. The van der Waals surface area contributed by atoms with Gasteiger partial charge in [0, 0.05) is 6.42 Å². The van der Waals surface area contributed by atoms with Crippen LogP contribution in [-0.4, -0.2) is 16.9 Å². The molecule has 0 unspecified atom stereocenters. The molecule has 0 aliphatic rings. The van der Waals surface area contributed by atoms with Gasteiger partial charge < -0.3 is 5.11 Å². The molecule has 3 nitrogen and oxygen atoms in total. The van der Waals surface area contributed by atoms with Gasteiger partial charge in [0.05, 0.1) is 5.57 Å². The molecule has 0 saturated carbocycles. The van der Waals surface area contributed by atoms with E-state index in [0.29, 0.717) is 5.57 Å². The normalized spacial score (nSPS) is 12.2. The highest BCUT2D eigenvalue weighted by Gasteiger charge is 2.11. The number of carbonyl (C=O) groups excluding carboxylic acids is 1. The lowest BCUT2D eigenvalue weighted by Gasteiger charge is -2.05. The third-order valence-corrected chi connectivity index (χ3v) is 2.00. The van der Waals surface area contributed by atoms with Crippen LogP contribution in [0.3, 0.4) is 0 Å². The first-order valence-corrected chi connectivity index (χ1v) is 5.65. The zero-order valence-electron chi connectivity index (χ0n) is 10.9. The highest BCUT2D eigenvalue weighted by atomic mass is 16.4. The zero-order chi connectivity index (χ0) is 13.4. The molecule has 94 valence electrons. The maximum atomic E-state index is 11.2. The van der Waals surface area contributed by atoms with Crippen molar-refractivity contribution in [1.29, 1.82) is 0 Å². The lowest BCUT2D eigenvalue weighted by molar-refractivity contribution is -0.132. The highest BCUT2D eigenvalue weighted by molar-refractivity contribution is 5.93. The minimum atomic E-state index is -0.997. The number of ketones is 1. The minimum Gasteiger partial charge on any atom is -0.478 e. The standard InChI is InChI=1S/C14H20O3/c1-5-6-7-13(14(16)17)12(8-10(2)3)9-11(4)15/h6-8H,5,9H2,1-4H3,(H,16,17). The zero-order valence-corrected chi connectivity index (χ0v) is 10.9. The first-order valence-electron chi connectivity index (χ1n) is 5.65. The van der Waals surface area contributed by atoms with E-state index < -0.39 is 5.97 Å². The second-order valence-corrected chi connectivity index (χ2v) is 4.16. The lowest BCUT2D eigenvalue weighted by atomic mass is 10.00. The van der Waals surface area contributed by atoms with E-state index in [4.69, 9.17) is 5.11 Å². The molecule has 0 aromatic heterocycles. The molecule has 17 heavy (non-hydrogen) atoms. The summed E-state index contributed by atoms with van der Waals surface area (Å²) >= 11 is 0. The molecule has 0 radical (unpaired) electrons. The largest absolute Gasteiger partial charge is 0.478 e. The Hall–Kier alpha value is -1.64. The number of carboxylic acid groups (broad SMARTS) is 1. The Morgan fingerprint density at radius 3 is 2.12 bits per heavy atom. The molecule has 0 aliphatic heterocycles. The van der Waals surface area contributed by atoms with Gasteiger partial charge in [0.25, 0.3) is 0 Å². The Bertz CT molecular complexity index is 380. The summed E-state index contributed by atoms with van der Waals surface area (Å²) in [6.45, 7) is 7.15. The molecule has 1 N–H and O–H groups in total. The molecule has 3 heteroatoms. The monoisotopic (exact) mass is 236 g/mol. The van der Waals surface area contributed by atoms with E-state index in [0.717, 1.165) is 12.0 Å². The fourth-order valence-electron chi connectivity index (χ4n) is 1.39. The van der Waals surface area contributed by atoms with Crippen LogP contribution in [0.1, 0.15) is 40.5 Å². The first-order chi connectivity index (χ1) is 7.88. The van der Waals surface area contributed by atoms with Crippen LogP contribution < -0.4 is 0 Å². The Labute approximate surface area is 103 Å². The van der Waals surface area contributed by atoms with E-state index in [1.807, 2.05) is 20.8 Å². The molecule has 0 spiro atoms. The molecular weight excluding hydrogens is 216 g/mol. The Balaban J connectivity index is 5.54. The molecule has 0 amide bonds. The van der Waals surface area contributed by atoms with Crippen molar-refractivity contribution in [3.8, 4) is 0 Å². The fraction of sp³-hybridized carbons (Fsp3) is 0.429. The highest BCUT2D eigenvalue weighted by Crippen LogP contribution is 2.16. The topological polar surface area (TPSA) is 54.4 Å². The fourth-order valence-corrected chi connectivity index (χ4v) is 1.39. The Morgan fingerprint density at radius 1 is 1.18 bits per heavy atom. The lowest BCUT2D eigenvalue weighted by Crippen LogP contribution is -2.04. The average molecular weight is 236 g/mol. The van der Waals surface area contributed by atoms with Gasteiger partial charge in [0.1, 0.15) is 5.78 Å².